The summed E-state index contributed by atoms with van der Waals surface area (Å²) in [5, 5.41) is 22.9. The molecule has 13 atom stereocenters. The molecule has 2 spiro atoms. The van der Waals surface area contributed by atoms with Gasteiger partial charge in [0.25, 0.3) is 0 Å². The molecule has 3 saturated carbocycles. The first-order valence-electron chi connectivity index (χ1n) is 16.4. The number of aliphatic hydroxyl groups is 2. The van der Waals surface area contributed by atoms with Crippen molar-refractivity contribution >= 4 is 17.7 Å². The molecule has 0 amide bonds. The van der Waals surface area contributed by atoms with Gasteiger partial charge in [-0.05, 0) is 69.8 Å². The normalized spacial score (nSPS) is 52.1. The Hall–Kier alpha value is -2.27. The number of ether oxygens (including phenoxy) is 4. The topological polar surface area (TPSA) is 145 Å². The summed E-state index contributed by atoms with van der Waals surface area (Å²) in [6.45, 7) is 9.89. The number of fused-ring (bicyclic) bond motifs is 1. The fraction of sp³-hybridized carbons (Fsp3) is 0.794. The van der Waals surface area contributed by atoms with E-state index in [1.54, 1.807) is 6.26 Å². The van der Waals surface area contributed by atoms with Crippen molar-refractivity contribution in [3.05, 3.63) is 23.7 Å². The van der Waals surface area contributed by atoms with E-state index in [4.69, 9.17) is 23.4 Å². The van der Waals surface area contributed by atoms with E-state index in [0.29, 0.717) is 30.9 Å². The quantitative estimate of drug-likeness (QED) is 0.385. The number of hydrogen-bond donors (Lipinski definition) is 2. The van der Waals surface area contributed by atoms with Crippen molar-refractivity contribution in [3.63, 3.8) is 0 Å². The molecule has 3 aliphatic carbocycles. The van der Waals surface area contributed by atoms with Gasteiger partial charge in [0, 0.05) is 28.2 Å². The Morgan fingerprint density at radius 3 is 2.55 bits per heavy atom. The summed E-state index contributed by atoms with van der Waals surface area (Å²) in [6.07, 6.45) is 1.97. The van der Waals surface area contributed by atoms with Gasteiger partial charge in [-0.2, -0.15) is 0 Å². The van der Waals surface area contributed by atoms with Crippen molar-refractivity contribution in [2.45, 2.75) is 121 Å². The molecule has 10 heteroatoms. The van der Waals surface area contributed by atoms with E-state index in [-0.39, 0.29) is 36.6 Å². The number of epoxide rings is 1. The van der Waals surface area contributed by atoms with E-state index in [1.165, 1.54) is 0 Å². The number of Topliss-reactive ketones (excluding diaryl/α,β-unsaturated/α-hetero) is 1. The van der Waals surface area contributed by atoms with Crippen LogP contribution < -0.4 is 0 Å². The zero-order valence-electron chi connectivity index (χ0n) is 26.2. The Bertz CT molecular complexity index is 1430. The Morgan fingerprint density at radius 1 is 1.00 bits per heavy atom. The number of rotatable bonds is 3. The molecule has 240 valence electrons. The highest BCUT2D eigenvalue weighted by molar-refractivity contribution is 5.92. The second kappa shape index (κ2) is 8.96. The number of cyclic esters (lactones) is 2. The maximum Gasteiger partial charge on any atom is 0.339 e. The van der Waals surface area contributed by atoms with Crippen LogP contribution in [0.15, 0.2) is 16.7 Å². The monoisotopic (exact) mass is 612 g/mol. The summed E-state index contributed by atoms with van der Waals surface area (Å²) in [6, 6.07) is 1.85. The SMILES string of the molecule is CC1CCC(O)C(Cc2occc2C2OC(=O)C3OC34C2(C)CCC2C35COC(=O)CC3OC(C)(C)C5C(=O)C(O)C24C)C1. The van der Waals surface area contributed by atoms with Crippen LogP contribution in [-0.4, -0.2) is 70.2 Å². The standard InChI is InChI=1S/C34H44O10/c1-16-6-7-19(35)17(12-16)13-20-18(9-11-40-20)27-31(4)10-8-21-32(5,34(31)28(44-34)29(39)42-27)26(38)24(37)25-30(2,3)43-22-14-23(36)41-15-33(21,22)25/h9,11,16-17,19,21-22,25-28,35,38H,6-8,10,12-15H2,1-5H3. The minimum atomic E-state index is -1.42. The molecule has 44 heavy (non-hydrogen) atoms. The number of aliphatic hydroxyl groups excluding tert-OH is 2. The highest BCUT2D eigenvalue weighted by Crippen LogP contribution is 2.80. The summed E-state index contributed by atoms with van der Waals surface area (Å²) < 4.78 is 31.0. The van der Waals surface area contributed by atoms with Gasteiger partial charge in [0.2, 0.25) is 0 Å². The average Bonchev–Trinajstić information content (AvgIpc) is 3.52. The van der Waals surface area contributed by atoms with E-state index in [0.717, 1.165) is 24.8 Å². The second-order valence-corrected chi connectivity index (χ2v) is 16.0. The zero-order chi connectivity index (χ0) is 31.2. The largest absolute Gasteiger partial charge is 0.469 e. The van der Waals surface area contributed by atoms with Crippen LogP contribution in [0.4, 0.5) is 0 Å². The Kier molecular flexibility index (Phi) is 5.93. The molecule has 8 rings (SSSR count). The molecule has 2 N–H and O–H groups in total. The van der Waals surface area contributed by atoms with Crippen LogP contribution >= 0.6 is 0 Å². The van der Waals surface area contributed by atoms with Gasteiger partial charge in [-0.3, -0.25) is 9.59 Å². The smallest absolute Gasteiger partial charge is 0.339 e. The molecule has 7 aliphatic rings. The Morgan fingerprint density at radius 2 is 1.77 bits per heavy atom. The fourth-order valence-corrected chi connectivity index (χ4v) is 11.8. The number of carbonyl (C=O) groups excluding carboxylic acids is 3. The predicted octanol–water partition coefficient (Wildman–Crippen LogP) is 3.45. The van der Waals surface area contributed by atoms with Crippen LogP contribution in [0, 0.1) is 39.9 Å². The van der Waals surface area contributed by atoms with Gasteiger partial charge in [0.1, 0.15) is 30.2 Å². The third-order valence-corrected chi connectivity index (χ3v) is 13.6. The zero-order valence-corrected chi connectivity index (χ0v) is 26.2. The molecule has 0 radical (unpaired) electrons. The van der Waals surface area contributed by atoms with Crippen molar-refractivity contribution in [2.75, 3.05) is 6.61 Å². The summed E-state index contributed by atoms with van der Waals surface area (Å²) in [7, 11) is 0. The first-order valence-corrected chi connectivity index (χ1v) is 16.4. The predicted molar refractivity (Wildman–Crippen MR) is 152 cm³/mol. The number of ketones is 1. The molecule has 10 nitrogen and oxygen atoms in total. The maximum absolute atomic E-state index is 14.4. The van der Waals surface area contributed by atoms with Crippen LogP contribution in [0.3, 0.4) is 0 Å². The lowest BCUT2D eigenvalue weighted by atomic mass is 9.36. The number of hydrogen-bond acceptors (Lipinski definition) is 10. The van der Waals surface area contributed by atoms with Crippen molar-refractivity contribution in [1.29, 1.82) is 0 Å². The van der Waals surface area contributed by atoms with Crippen LogP contribution in [-0.2, 0) is 39.8 Å². The molecule has 0 bridgehead atoms. The van der Waals surface area contributed by atoms with Crippen LogP contribution in [0.1, 0.15) is 90.6 Å². The fourth-order valence-electron chi connectivity index (χ4n) is 11.8. The summed E-state index contributed by atoms with van der Waals surface area (Å²) in [5.41, 5.74) is -4.16. The number of furan rings is 1. The molecular weight excluding hydrogens is 568 g/mol. The molecule has 5 heterocycles. The van der Waals surface area contributed by atoms with E-state index < -0.39 is 69.9 Å². The first kappa shape index (κ1) is 29.2. The molecule has 7 fully saturated rings. The second-order valence-electron chi connectivity index (χ2n) is 16.0. The summed E-state index contributed by atoms with van der Waals surface area (Å²) in [4.78, 5) is 40.6. The lowest BCUT2D eigenvalue weighted by Crippen LogP contribution is -2.76. The van der Waals surface area contributed by atoms with E-state index in [1.807, 2.05) is 33.8 Å². The molecule has 0 aromatic carbocycles. The Balaban J connectivity index is 1.22. The molecular formula is C34H44O10. The molecule has 1 aromatic heterocycles. The van der Waals surface area contributed by atoms with Gasteiger partial charge >= 0.3 is 11.9 Å². The third-order valence-electron chi connectivity index (χ3n) is 13.6. The highest BCUT2D eigenvalue weighted by Gasteiger charge is 2.90. The maximum atomic E-state index is 14.4. The highest BCUT2D eigenvalue weighted by atomic mass is 16.7. The van der Waals surface area contributed by atoms with E-state index in [9.17, 15) is 24.6 Å². The first-order chi connectivity index (χ1) is 20.7. The minimum absolute atomic E-state index is 0.0304. The van der Waals surface area contributed by atoms with Crippen molar-refractivity contribution in [2.24, 2.45) is 39.9 Å². The van der Waals surface area contributed by atoms with Crippen LogP contribution in [0.25, 0.3) is 0 Å². The molecule has 13 unspecified atom stereocenters. The van der Waals surface area contributed by atoms with Gasteiger partial charge in [-0.15, -0.1) is 0 Å². The summed E-state index contributed by atoms with van der Waals surface area (Å²) >= 11 is 0. The van der Waals surface area contributed by atoms with E-state index in [2.05, 4.69) is 6.92 Å². The molecule has 4 aliphatic heterocycles. The number of carbonyl (C=O) groups is 3. The minimum Gasteiger partial charge on any atom is -0.469 e. The Labute approximate surface area is 257 Å². The number of esters is 2. The van der Waals surface area contributed by atoms with Crippen LogP contribution in [0.5, 0.6) is 0 Å². The lowest BCUT2D eigenvalue weighted by Gasteiger charge is -2.66. The summed E-state index contributed by atoms with van der Waals surface area (Å²) in [5.74, 6) is -0.977. The average molecular weight is 613 g/mol. The third kappa shape index (κ3) is 3.28. The van der Waals surface area contributed by atoms with Gasteiger partial charge < -0.3 is 33.6 Å². The van der Waals surface area contributed by atoms with E-state index >= 15 is 0 Å². The van der Waals surface area contributed by atoms with Gasteiger partial charge in [0.15, 0.2) is 11.9 Å². The van der Waals surface area contributed by atoms with Gasteiger partial charge in [0.05, 0.1) is 36.4 Å². The van der Waals surface area contributed by atoms with Crippen LogP contribution in [0.2, 0.25) is 0 Å². The molecule has 4 saturated heterocycles. The van der Waals surface area contributed by atoms with Crippen molar-refractivity contribution in [3.8, 4) is 0 Å². The van der Waals surface area contributed by atoms with Crippen molar-refractivity contribution in [1.82, 2.24) is 0 Å². The van der Waals surface area contributed by atoms with Gasteiger partial charge in [-0.25, -0.2) is 4.79 Å². The van der Waals surface area contributed by atoms with Crippen molar-refractivity contribution < 1.29 is 48.0 Å². The lowest BCUT2D eigenvalue weighted by molar-refractivity contribution is -0.252. The molecule has 1 aromatic rings. The van der Waals surface area contributed by atoms with Gasteiger partial charge in [-0.1, -0.05) is 20.8 Å².